The van der Waals surface area contributed by atoms with Crippen molar-refractivity contribution in [1.29, 1.82) is 0 Å². The first-order valence-corrected chi connectivity index (χ1v) is 6.65. The Hall–Kier alpha value is -0.650. The van der Waals surface area contributed by atoms with E-state index in [1.807, 2.05) is 0 Å². The number of nitrogens with zero attached hydrogens (tertiary/aromatic N) is 1. The van der Waals surface area contributed by atoms with E-state index in [-0.39, 0.29) is 5.97 Å². The van der Waals surface area contributed by atoms with Crippen molar-refractivity contribution in [2.24, 2.45) is 0 Å². The molecule has 0 aliphatic heterocycles. The summed E-state index contributed by atoms with van der Waals surface area (Å²) in [6.45, 7) is 3.00. The Morgan fingerprint density at radius 2 is 1.89 bits per heavy atom. The summed E-state index contributed by atoms with van der Waals surface area (Å²) in [5.74, 6) is -0.168. The third-order valence-electron chi connectivity index (χ3n) is 3.36. The van der Waals surface area contributed by atoms with Crippen LogP contribution in [0, 0.1) is 0 Å². The molecule has 1 saturated carbocycles. The molecule has 0 N–H and O–H groups in total. The Morgan fingerprint density at radius 1 is 1.17 bits per heavy atom. The molecular weight excluding hydrogens is 234 g/mol. The van der Waals surface area contributed by atoms with Gasteiger partial charge >= 0.3 is 5.97 Å². The lowest BCUT2D eigenvalue weighted by molar-refractivity contribution is -0.142. The van der Waals surface area contributed by atoms with E-state index in [1.165, 1.54) is 32.8 Å². The van der Waals surface area contributed by atoms with Crippen molar-refractivity contribution in [3.63, 3.8) is 0 Å². The van der Waals surface area contributed by atoms with E-state index in [0.717, 1.165) is 6.54 Å². The molecule has 1 aliphatic carbocycles. The van der Waals surface area contributed by atoms with Gasteiger partial charge in [-0.1, -0.05) is 12.8 Å². The molecule has 5 nitrogen and oxygen atoms in total. The lowest BCUT2D eigenvalue weighted by Crippen LogP contribution is -2.40. The summed E-state index contributed by atoms with van der Waals surface area (Å²) in [5.41, 5.74) is 0. The van der Waals surface area contributed by atoms with E-state index >= 15 is 0 Å². The molecule has 0 radical (unpaired) electrons. The third-order valence-corrected chi connectivity index (χ3v) is 3.36. The van der Waals surface area contributed by atoms with Crippen molar-refractivity contribution in [2.75, 3.05) is 47.1 Å². The average Bonchev–Trinajstić information content (AvgIpc) is 2.90. The number of carbonyl (C=O) groups excluding carboxylic acids is 1. The summed E-state index contributed by atoms with van der Waals surface area (Å²) < 4.78 is 15.1. The summed E-state index contributed by atoms with van der Waals surface area (Å²) in [7, 11) is 3.09. The molecule has 0 aromatic heterocycles. The lowest BCUT2D eigenvalue weighted by Gasteiger charge is -2.27. The standard InChI is InChI=1S/C13H25NO4/c1-16-9-10-18-8-7-14(11-13(15)17-2)12-5-3-4-6-12/h12H,3-11H2,1-2H3. The van der Waals surface area contributed by atoms with Crippen LogP contribution in [0.2, 0.25) is 0 Å². The first kappa shape index (κ1) is 15.4. The molecule has 18 heavy (non-hydrogen) atoms. The Kier molecular flexibility index (Phi) is 7.96. The van der Waals surface area contributed by atoms with Gasteiger partial charge in [-0.3, -0.25) is 9.69 Å². The zero-order valence-electron chi connectivity index (χ0n) is 11.5. The van der Waals surface area contributed by atoms with E-state index in [0.29, 0.717) is 32.4 Å². The minimum atomic E-state index is -0.168. The van der Waals surface area contributed by atoms with Crippen molar-refractivity contribution in [3.8, 4) is 0 Å². The molecule has 0 aromatic rings. The average molecular weight is 259 g/mol. The number of ether oxygens (including phenoxy) is 3. The third kappa shape index (κ3) is 5.80. The topological polar surface area (TPSA) is 48.0 Å². The van der Waals surface area contributed by atoms with Crippen LogP contribution < -0.4 is 0 Å². The van der Waals surface area contributed by atoms with Gasteiger partial charge in [0, 0.05) is 19.7 Å². The fourth-order valence-electron chi connectivity index (χ4n) is 2.32. The number of hydrogen-bond donors (Lipinski definition) is 0. The number of esters is 1. The number of methoxy groups -OCH3 is 2. The Morgan fingerprint density at radius 3 is 2.50 bits per heavy atom. The molecule has 0 saturated heterocycles. The molecule has 1 aliphatic rings. The molecule has 0 unspecified atom stereocenters. The molecule has 5 heteroatoms. The van der Waals surface area contributed by atoms with Gasteiger partial charge in [-0.05, 0) is 12.8 Å². The van der Waals surface area contributed by atoms with Crippen molar-refractivity contribution >= 4 is 5.97 Å². The van der Waals surface area contributed by atoms with Gasteiger partial charge in [-0.25, -0.2) is 0 Å². The van der Waals surface area contributed by atoms with Gasteiger partial charge in [0.1, 0.15) is 0 Å². The van der Waals surface area contributed by atoms with Crippen molar-refractivity contribution < 1.29 is 19.0 Å². The smallest absolute Gasteiger partial charge is 0.319 e. The molecule has 0 atom stereocenters. The van der Waals surface area contributed by atoms with Crippen LogP contribution in [0.4, 0.5) is 0 Å². The molecule has 106 valence electrons. The van der Waals surface area contributed by atoms with Crippen LogP contribution in [-0.4, -0.2) is 64.0 Å². The largest absolute Gasteiger partial charge is 0.468 e. The summed E-state index contributed by atoms with van der Waals surface area (Å²) in [5, 5.41) is 0. The number of rotatable bonds is 9. The molecule has 0 bridgehead atoms. The highest BCUT2D eigenvalue weighted by molar-refractivity contribution is 5.71. The summed E-state index contributed by atoms with van der Waals surface area (Å²) in [6.07, 6.45) is 4.86. The maximum absolute atomic E-state index is 11.4. The van der Waals surface area contributed by atoms with Crippen LogP contribution in [0.15, 0.2) is 0 Å². The van der Waals surface area contributed by atoms with Crippen LogP contribution in [0.25, 0.3) is 0 Å². The van der Waals surface area contributed by atoms with Crippen LogP contribution in [0.3, 0.4) is 0 Å². The Balaban J connectivity index is 2.27. The van der Waals surface area contributed by atoms with Gasteiger partial charge in [0.2, 0.25) is 0 Å². The van der Waals surface area contributed by atoms with E-state index in [9.17, 15) is 4.79 Å². The van der Waals surface area contributed by atoms with Crippen molar-refractivity contribution in [2.45, 2.75) is 31.7 Å². The highest BCUT2D eigenvalue weighted by Crippen LogP contribution is 2.23. The zero-order valence-corrected chi connectivity index (χ0v) is 11.5. The fraction of sp³-hybridized carbons (Fsp3) is 0.923. The van der Waals surface area contributed by atoms with Crippen molar-refractivity contribution in [1.82, 2.24) is 4.90 Å². The quantitative estimate of drug-likeness (QED) is 0.458. The highest BCUT2D eigenvalue weighted by Gasteiger charge is 2.24. The van der Waals surface area contributed by atoms with Crippen LogP contribution in [0.1, 0.15) is 25.7 Å². The molecule has 0 heterocycles. The second-order valence-electron chi connectivity index (χ2n) is 4.59. The number of carbonyl (C=O) groups is 1. The maximum Gasteiger partial charge on any atom is 0.319 e. The van der Waals surface area contributed by atoms with E-state index < -0.39 is 0 Å². The van der Waals surface area contributed by atoms with Crippen LogP contribution >= 0.6 is 0 Å². The van der Waals surface area contributed by atoms with E-state index in [4.69, 9.17) is 14.2 Å². The Labute approximate surface area is 109 Å². The van der Waals surface area contributed by atoms with E-state index in [2.05, 4.69) is 4.90 Å². The predicted octanol–water partition coefficient (Wildman–Crippen LogP) is 1.07. The number of hydrogen-bond acceptors (Lipinski definition) is 5. The molecule has 0 aromatic carbocycles. The van der Waals surface area contributed by atoms with Crippen molar-refractivity contribution in [3.05, 3.63) is 0 Å². The van der Waals surface area contributed by atoms with E-state index in [1.54, 1.807) is 7.11 Å². The summed E-state index contributed by atoms with van der Waals surface area (Å²) >= 11 is 0. The first-order valence-electron chi connectivity index (χ1n) is 6.65. The maximum atomic E-state index is 11.4. The molecular formula is C13H25NO4. The highest BCUT2D eigenvalue weighted by atomic mass is 16.5. The molecule has 0 amide bonds. The lowest BCUT2D eigenvalue weighted by atomic mass is 10.2. The second-order valence-corrected chi connectivity index (χ2v) is 4.59. The van der Waals surface area contributed by atoms with Gasteiger partial charge in [0.15, 0.2) is 0 Å². The second kappa shape index (κ2) is 9.30. The monoisotopic (exact) mass is 259 g/mol. The Bertz CT molecular complexity index is 229. The summed E-state index contributed by atoms with van der Waals surface area (Å²) in [4.78, 5) is 13.6. The van der Waals surface area contributed by atoms with Crippen LogP contribution in [0.5, 0.6) is 0 Å². The fourth-order valence-corrected chi connectivity index (χ4v) is 2.32. The van der Waals surface area contributed by atoms with Gasteiger partial charge in [0.25, 0.3) is 0 Å². The molecule has 1 rings (SSSR count). The normalized spacial score (nSPS) is 16.4. The SMILES string of the molecule is COCCOCCN(CC(=O)OC)C1CCCC1. The van der Waals surface area contributed by atoms with Gasteiger partial charge in [-0.2, -0.15) is 0 Å². The van der Waals surface area contributed by atoms with Gasteiger partial charge in [0.05, 0.1) is 33.5 Å². The van der Waals surface area contributed by atoms with Gasteiger partial charge < -0.3 is 14.2 Å². The first-order chi connectivity index (χ1) is 8.77. The minimum absolute atomic E-state index is 0.168. The minimum Gasteiger partial charge on any atom is -0.468 e. The van der Waals surface area contributed by atoms with Gasteiger partial charge in [-0.15, -0.1) is 0 Å². The molecule has 0 spiro atoms. The predicted molar refractivity (Wildman–Crippen MR) is 68.5 cm³/mol. The molecule has 1 fully saturated rings. The van der Waals surface area contributed by atoms with Crippen LogP contribution in [-0.2, 0) is 19.0 Å². The summed E-state index contributed by atoms with van der Waals surface area (Å²) in [6, 6.07) is 0.509. The zero-order chi connectivity index (χ0) is 13.2.